The zero-order valence-corrected chi connectivity index (χ0v) is 27.1. The van der Waals surface area contributed by atoms with E-state index in [1.54, 1.807) is 6.07 Å². The van der Waals surface area contributed by atoms with Gasteiger partial charge in [-0.25, -0.2) is 0 Å². The summed E-state index contributed by atoms with van der Waals surface area (Å²) in [4.78, 5) is 38.5. The summed E-state index contributed by atoms with van der Waals surface area (Å²) < 4.78 is 5.84. The third kappa shape index (κ3) is 11.1. The van der Waals surface area contributed by atoms with Crippen molar-refractivity contribution in [2.75, 3.05) is 12.0 Å². The molecule has 0 spiro atoms. The van der Waals surface area contributed by atoms with Gasteiger partial charge in [0.2, 0.25) is 0 Å². The molecule has 0 aromatic heterocycles. The number of ether oxygens (including phenoxy) is 1. The first-order valence-corrected chi connectivity index (χ1v) is 16.3. The van der Waals surface area contributed by atoms with Gasteiger partial charge in [-0.05, 0) is 99.6 Å². The number of esters is 1. The monoisotopic (exact) mass is 587 g/mol. The zero-order chi connectivity index (χ0) is 30.0. The summed E-state index contributed by atoms with van der Waals surface area (Å²) in [6.07, 6.45) is 10.8. The Hall–Kier alpha value is -2.20. The van der Waals surface area contributed by atoms with E-state index < -0.39 is 23.5 Å². The molecule has 1 saturated carbocycles. The summed E-state index contributed by atoms with van der Waals surface area (Å²) in [5.74, 6) is -0.960. The van der Waals surface area contributed by atoms with E-state index in [-0.39, 0.29) is 37.2 Å². The van der Waals surface area contributed by atoms with Gasteiger partial charge in [0.25, 0.3) is 5.91 Å². The largest absolute Gasteiger partial charge is 1.00 e. The fourth-order valence-corrected chi connectivity index (χ4v) is 6.09. The zero-order valence-electron chi connectivity index (χ0n) is 26.3. The number of hydrogen-bond donors (Lipinski definition) is 1. The standard InChI is InChI=1S/C34H47NO5S.Li/c1-23-11-9-10-14-27(23)29-22-25(16-18-28(29)31(36)35-30(32(37)38)19-20-41-5)21-26(33(39)40-34(2,3)4)17-15-24-12-7-6-8-13-24;/h9-11,14,16,18,22,24,26,30H,6-8,12-13,15,17,19-21H2,1-5H3,(H,35,36)(H,37,38);/q;+1/p-1/t26?,30-;/m0./s1. The molecule has 1 amide bonds. The van der Waals surface area contributed by atoms with Gasteiger partial charge in [-0.15, -0.1) is 0 Å². The molecule has 3 rings (SSSR count). The fraction of sp³-hybridized carbons (Fsp3) is 0.559. The average Bonchev–Trinajstić information content (AvgIpc) is 2.92. The second-order valence-corrected chi connectivity index (χ2v) is 13.3. The van der Waals surface area contributed by atoms with Crippen LogP contribution in [0.25, 0.3) is 11.1 Å². The van der Waals surface area contributed by atoms with Crippen molar-refractivity contribution >= 4 is 29.6 Å². The van der Waals surface area contributed by atoms with E-state index in [9.17, 15) is 19.5 Å². The van der Waals surface area contributed by atoms with Gasteiger partial charge in [0, 0.05) is 5.56 Å². The molecule has 0 saturated heterocycles. The predicted octanol–water partition coefficient (Wildman–Crippen LogP) is 3.13. The maximum absolute atomic E-state index is 13.4. The first-order valence-electron chi connectivity index (χ1n) is 14.9. The second-order valence-electron chi connectivity index (χ2n) is 12.3. The number of aryl methyl sites for hydroxylation is 1. The Bertz CT molecular complexity index is 1190. The quantitative estimate of drug-likeness (QED) is 0.286. The fourth-order valence-electron chi connectivity index (χ4n) is 5.62. The minimum absolute atomic E-state index is 0. The molecule has 6 nitrogen and oxygen atoms in total. The van der Waals surface area contributed by atoms with Crippen LogP contribution in [0.15, 0.2) is 42.5 Å². The van der Waals surface area contributed by atoms with Gasteiger partial charge >= 0.3 is 24.8 Å². The Balaban J connectivity index is 0.00000616. The molecule has 2 aromatic rings. The Morgan fingerprint density at radius 2 is 1.71 bits per heavy atom. The van der Waals surface area contributed by atoms with Gasteiger partial charge in [-0.1, -0.05) is 68.5 Å². The maximum Gasteiger partial charge on any atom is 1.00 e. The van der Waals surface area contributed by atoms with E-state index in [1.165, 1.54) is 43.9 Å². The molecule has 1 N–H and O–H groups in total. The topological polar surface area (TPSA) is 95.5 Å². The van der Waals surface area contributed by atoms with Gasteiger partial charge in [0.05, 0.1) is 17.9 Å². The molecule has 8 heteroatoms. The minimum atomic E-state index is -1.29. The maximum atomic E-state index is 13.4. The van der Waals surface area contributed by atoms with E-state index in [1.807, 2.05) is 70.3 Å². The number of carboxylic acid groups (broad SMARTS) is 1. The number of amides is 1. The molecular weight excluding hydrogens is 541 g/mol. The third-order valence-electron chi connectivity index (χ3n) is 7.83. The molecule has 0 aliphatic heterocycles. The van der Waals surface area contributed by atoms with Crippen molar-refractivity contribution in [2.45, 2.75) is 97.1 Å². The Morgan fingerprint density at radius 3 is 2.33 bits per heavy atom. The smallest absolute Gasteiger partial charge is 0.548 e. The normalized spacial score (nSPS) is 15.3. The molecule has 0 radical (unpaired) electrons. The molecule has 42 heavy (non-hydrogen) atoms. The molecule has 224 valence electrons. The molecule has 0 bridgehead atoms. The van der Waals surface area contributed by atoms with Gasteiger partial charge in [-0.2, -0.15) is 11.8 Å². The van der Waals surface area contributed by atoms with Crippen LogP contribution in [0.1, 0.15) is 93.6 Å². The van der Waals surface area contributed by atoms with Crippen LogP contribution in [0.4, 0.5) is 0 Å². The van der Waals surface area contributed by atoms with Crippen LogP contribution in [-0.2, 0) is 20.7 Å². The van der Waals surface area contributed by atoms with Crippen molar-refractivity contribution in [3.63, 3.8) is 0 Å². The van der Waals surface area contributed by atoms with Gasteiger partial charge in [0.15, 0.2) is 0 Å². The number of carbonyl (C=O) groups is 3. The van der Waals surface area contributed by atoms with Crippen molar-refractivity contribution < 1.29 is 43.1 Å². The van der Waals surface area contributed by atoms with Crippen molar-refractivity contribution in [1.82, 2.24) is 5.32 Å². The summed E-state index contributed by atoms with van der Waals surface area (Å²) in [7, 11) is 0. The molecular formula is C34H46LiNO5S. The summed E-state index contributed by atoms with van der Waals surface area (Å²) in [5.41, 5.74) is 3.38. The first kappa shape index (κ1) is 36.0. The molecule has 1 aliphatic carbocycles. The molecule has 0 heterocycles. The van der Waals surface area contributed by atoms with Crippen LogP contribution in [0, 0.1) is 18.8 Å². The molecule has 2 aromatic carbocycles. The number of carbonyl (C=O) groups excluding carboxylic acids is 3. The number of carboxylic acids is 1. The summed E-state index contributed by atoms with van der Waals surface area (Å²) in [6.45, 7) is 7.67. The van der Waals surface area contributed by atoms with Crippen LogP contribution >= 0.6 is 11.8 Å². The number of benzene rings is 2. The number of hydrogen-bond acceptors (Lipinski definition) is 6. The predicted molar refractivity (Wildman–Crippen MR) is 165 cm³/mol. The Kier molecular flexibility index (Phi) is 14.7. The van der Waals surface area contributed by atoms with E-state index >= 15 is 0 Å². The van der Waals surface area contributed by atoms with Gasteiger partial charge in [-0.3, -0.25) is 9.59 Å². The first-order chi connectivity index (χ1) is 19.5. The van der Waals surface area contributed by atoms with Crippen LogP contribution in [0.5, 0.6) is 0 Å². The van der Waals surface area contributed by atoms with Crippen LogP contribution in [0.2, 0.25) is 0 Å². The number of aliphatic carboxylic acids is 1. The van der Waals surface area contributed by atoms with Crippen LogP contribution in [0.3, 0.4) is 0 Å². The van der Waals surface area contributed by atoms with Crippen molar-refractivity contribution in [3.8, 4) is 11.1 Å². The number of rotatable bonds is 13. The van der Waals surface area contributed by atoms with E-state index in [0.717, 1.165) is 35.1 Å². The van der Waals surface area contributed by atoms with Gasteiger partial charge in [0.1, 0.15) is 5.60 Å². The van der Waals surface area contributed by atoms with Crippen molar-refractivity contribution in [1.29, 1.82) is 0 Å². The van der Waals surface area contributed by atoms with E-state index in [2.05, 4.69) is 5.32 Å². The summed E-state index contributed by atoms with van der Waals surface area (Å²) in [5, 5.41) is 14.4. The molecule has 1 unspecified atom stereocenters. The molecule has 2 atom stereocenters. The van der Waals surface area contributed by atoms with E-state index in [0.29, 0.717) is 23.7 Å². The minimum Gasteiger partial charge on any atom is -0.548 e. The molecule has 1 aliphatic rings. The van der Waals surface area contributed by atoms with Gasteiger partial charge < -0.3 is 20.0 Å². The SMILES string of the molecule is CSCC[C@H](NC(=O)c1ccc(CC(CCC2CCCCC2)C(=O)OC(C)(C)C)cc1-c1ccccc1C)C(=O)[O-].[Li+]. The third-order valence-corrected chi connectivity index (χ3v) is 8.48. The van der Waals surface area contributed by atoms with Crippen LogP contribution < -0.4 is 29.3 Å². The number of nitrogens with one attached hydrogen (secondary N) is 1. The Labute approximate surface area is 268 Å². The number of thioether (sulfide) groups is 1. The van der Waals surface area contributed by atoms with Crippen LogP contribution in [-0.4, -0.2) is 41.5 Å². The molecule has 1 fully saturated rings. The van der Waals surface area contributed by atoms with E-state index in [4.69, 9.17) is 4.74 Å². The Morgan fingerprint density at radius 1 is 1.02 bits per heavy atom. The average molecular weight is 588 g/mol. The summed E-state index contributed by atoms with van der Waals surface area (Å²) in [6, 6.07) is 12.4. The second kappa shape index (κ2) is 17.2. The van der Waals surface area contributed by atoms with Crippen molar-refractivity contribution in [3.05, 3.63) is 59.2 Å². The van der Waals surface area contributed by atoms with Crippen molar-refractivity contribution in [2.24, 2.45) is 11.8 Å². The summed E-state index contributed by atoms with van der Waals surface area (Å²) >= 11 is 1.52.